The molecule has 0 atom stereocenters. The maximum atomic E-state index is 10.7. The summed E-state index contributed by atoms with van der Waals surface area (Å²) in [5.41, 5.74) is 0. The first-order chi connectivity index (χ1) is 3.06. The Morgan fingerprint density at radius 1 is 1.43 bits per heavy atom. The molecule has 0 aromatic carbocycles. The third-order valence-corrected chi connectivity index (χ3v) is 0.422. The second kappa shape index (κ2) is 2.06. The summed E-state index contributed by atoms with van der Waals surface area (Å²) in [6.07, 6.45) is -4.67. The molecule has 0 aromatic rings. The Kier molecular flexibility index (Phi) is 1.94. The fraction of sp³-hybridized carbons (Fsp3) is 1.00. The summed E-state index contributed by atoms with van der Waals surface area (Å²) in [5, 5.41) is 0. The number of hydrogen-bond acceptors (Lipinski definition) is 2. The van der Waals surface area contributed by atoms with Gasteiger partial charge in [0.1, 0.15) is 0 Å². The topological polar surface area (TPSA) is 29.4 Å². The van der Waals surface area contributed by atoms with E-state index in [0.717, 1.165) is 0 Å². The van der Waals surface area contributed by atoms with Gasteiger partial charge in [-0.15, -0.1) is 13.2 Å². The molecule has 0 unspecified atom stereocenters. The largest absolute Gasteiger partial charge is 0.516 e. The van der Waals surface area contributed by atoms with Crippen molar-refractivity contribution in [3.8, 4) is 0 Å². The van der Waals surface area contributed by atoms with Crippen LogP contribution in [0, 0.1) is 0 Å². The van der Waals surface area contributed by atoms with Gasteiger partial charge in [-0.25, -0.2) is 0 Å². The Morgan fingerprint density at radius 2 is 1.86 bits per heavy atom. The average molecular weight is 131 g/mol. The third-order valence-electron chi connectivity index (χ3n) is 0.141. The summed E-state index contributed by atoms with van der Waals surface area (Å²) in [6.45, 7) is 0. The minimum atomic E-state index is -4.67. The van der Waals surface area contributed by atoms with E-state index in [4.69, 9.17) is 4.21 Å². The van der Waals surface area contributed by atoms with Crippen LogP contribution in [0.15, 0.2) is 4.36 Å². The SMILES string of the molecule is O=S=NC(F)(F)F. The van der Waals surface area contributed by atoms with E-state index < -0.39 is 17.8 Å². The molecule has 6 heteroatoms. The van der Waals surface area contributed by atoms with E-state index >= 15 is 0 Å². The molecule has 0 saturated heterocycles. The molecule has 0 saturated carbocycles. The normalized spacial score (nSPS) is 10.7. The lowest BCUT2D eigenvalue weighted by molar-refractivity contribution is -0.117. The van der Waals surface area contributed by atoms with Crippen LogP contribution in [-0.4, -0.2) is 10.5 Å². The van der Waals surface area contributed by atoms with Gasteiger partial charge in [0.25, 0.3) is 0 Å². The fourth-order valence-electron chi connectivity index (χ4n) is 0.0423. The maximum Gasteiger partial charge on any atom is 0.516 e. The Bertz CT molecular complexity index is 102. The molecule has 0 aliphatic heterocycles. The zero-order valence-corrected chi connectivity index (χ0v) is 3.71. The highest BCUT2D eigenvalue weighted by Gasteiger charge is 2.25. The van der Waals surface area contributed by atoms with Crippen molar-refractivity contribution in [1.29, 1.82) is 0 Å². The van der Waals surface area contributed by atoms with Crippen LogP contribution in [0.4, 0.5) is 13.2 Å². The van der Waals surface area contributed by atoms with Crippen molar-refractivity contribution in [2.24, 2.45) is 4.36 Å². The van der Waals surface area contributed by atoms with Crippen molar-refractivity contribution in [3.63, 3.8) is 0 Å². The summed E-state index contributed by atoms with van der Waals surface area (Å²) in [6, 6.07) is 0. The lowest BCUT2D eigenvalue weighted by atomic mass is 11.3. The minimum absolute atomic E-state index is 0.841. The first-order valence-electron chi connectivity index (χ1n) is 1.14. The quantitative estimate of drug-likeness (QED) is 0.449. The second-order valence-corrected chi connectivity index (χ2v) is 0.965. The zero-order valence-electron chi connectivity index (χ0n) is 2.90. The Hall–Kier alpha value is -0.390. The van der Waals surface area contributed by atoms with Gasteiger partial charge in [-0.3, -0.25) is 0 Å². The Labute approximate surface area is 40.6 Å². The van der Waals surface area contributed by atoms with Gasteiger partial charge in [0.05, 0.1) is 0 Å². The number of alkyl halides is 3. The van der Waals surface area contributed by atoms with E-state index in [2.05, 4.69) is 0 Å². The molecule has 0 aliphatic rings. The molecule has 0 spiro atoms. The van der Waals surface area contributed by atoms with Crippen LogP contribution in [-0.2, 0) is 11.5 Å². The molecular weight excluding hydrogens is 131 g/mol. The number of rotatable bonds is 0. The number of nitrogens with zero attached hydrogens (tertiary/aromatic N) is 1. The molecule has 0 fully saturated rings. The van der Waals surface area contributed by atoms with Gasteiger partial charge in [0.2, 0.25) is 11.5 Å². The number of halogens is 3. The minimum Gasteiger partial charge on any atom is -0.191 e. The third kappa shape index (κ3) is 5.61. The van der Waals surface area contributed by atoms with Crippen molar-refractivity contribution in [2.45, 2.75) is 6.30 Å². The van der Waals surface area contributed by atoms with Gasteiger partial charge in [-0.2, -0.15) is 4.21 Å². The number of hydrogen-bond donors (Lipinski definition) is 0. The Morgan fingerprint density at radius 3 is 1.86 bits per heavy atom. The summed E-state index contributed by atoms with van der Waals surface area (Å²) >= 11 is -0.841. The van der Waals surface area contributed by atoms with Crippen LogP contribution in [0.2, 0.25) is 0 Å². The van der Waals surface area contributed by atoms with Crippen LogP contribution in [0.1, 0.15) is 0 Å². The molecular formula is CF3NOS. The van der Waals surface area contributed by atoms with Crippen LogP contribution < -0.4 is 0 Å². The van der Waals surface area contributed by atoms with Crippen molar-refractivity contribution in [1.82, 2.24) is 0 Å². The van der Waals surface area contributed by atoms with Crippen LogP contribution in [0.5, 0.6) is 0 Å². The van der Waals surface area contributed by atoms with E-state index in [-0.39, 0.29) is 0 Å². The predicted molar refractivity (Wildman–Crippen MR) is 16.6 cm³/mol. The summed E-state index contributed by atoms with van der Waals surface area (Å²) in [7, 11) is 0. The summed E-state index contributed by atoms with van der Waals surface area (Å²) in [4.78, 5) is 0. The maximum absolute atomic E-state index is 10.7. The van der Waals surface area contributed by atoms with E-state index in [1.807, 2.05) is 0 Å². The van der Waals surface area contributed by atoms with E-state index in [9.17, 15) is 13.2 Å². The molecule has 0 radical (unpaired) electrons. The molecule has 0 N–H and O–H groups in total. The van der Waals surface area contributed by atoms with Gasteiger partial charge in [0, 0.05) is 0 Å². The van der Waals surface area contributed by atoms with Crippen LogP contribution in [0.25, 0.3) is 0 Å². The van der Waals surface area contributed by atoms with Crippen molar-refractivity contribution < 1.29 is 17.4 Å². The van der Waals surface area contributed by atoms with Crippen molar-refractivity contribution >= 4 is 11.5 Å². The Balaban J connectivity index is 3.80. The first kappa shape index (κ1) is 6.61. The van der Waals surface area contributed by atoms with E-state index in [1.165, 1.54) is 0 Å². The summed E-state index contributed by atoms with van der Waals surface area (Å²) < 4.78 is 42.6. The standard InChI is InChI=1S/CF3NOS/c2-1(3,4)5-7-6. The molecule has 0 aliphatic carbocycles. The smallest absolute Gasteiger partial charge is 0.191 e. The highest BCUT2D eigenvalue weighted by Crippen LogP contribution is 2.14. The molecule has 7 heavy (non-hydrogen) atoms. The molecule has 42 valence electrons. The molecule has 0 aromatic heterocycles. The van der Waals surface area contributed by atoms with Gasteiger partial charge < -0.3 is 0 Å². The second-order valence-electron chi connectivity index (χ2n) is 0.634. The highest BCUT2D eigenvalue weighted by molar-refractivity contribution is 7.54. The van der Waals surface area contributed by atoms with E-state index in [1.54, 1.807) is 4.36 Å². The molecule has 0 rings (SSSR count). The fourth-order valence-corrected chi connectivity index (χ4v) is 0.127. The lowest BCUT2D eigenvalue weighted by Gasteiger charge is -1.88. The monoisotopic (exact) mass is 131 g/mol. The van der Waals surface area contributed by atoms with E-state index in [0.29, 0.717) is 0 Å². The first-order valence-corrected chi connectivity index (χ1v) is 1.84. The molecule has 0 bridgehead atoms. The van der Waals surface area contributed by atoms with Gasteiger partial charge in [-0.1, -0.05) is 4.36 Å². The van der Waals surface area contributed by atoms with Crippen molar-refractivity contribution in [3.05, 3.63) is 0 Å². The predicted octanol–water partition coefficient (Wildman–Crippen LogP) is 0.903. The van der Waals surface area contributed by atoms with Crippen LogP contribution in [0.3, 0.4) is 0 Å². The highest BCUT2D eigenvalue weighted by atomic mass is 32.1. The van der Waals surface area contributed by atoms with Gasteiger partial charge in [-0.05, 0) is 0 Å². The zero-order chi connectivity index (χ0) is 5.91. The van der Waals surface area contributed by atoms with Gasteiger partial charge in [0.15, 0.2) is 0 Å². The molecule has 2 nitrogen and oxygen atoms in total. The molecule has 0 amide bonds. The van der Waals surface area contributed by atoms with Crippen molar-refractivity contribution in [2.75, 3.05) is 0 Å². The lowest BCUT2D eigenvalue weighted by Crippen LogP contribution is -1.98. The molecule has 0 heterocycles. The van der Waals surface area contributed by atoms with Crippen LogP contribution >= 0.6 is 0 Å². The summed E-state index contributed by atoms with van der Waals surface area (Å²) in [5.74, 6) is 0. The average Bonchev–Trinajstić information content (AvgIpc) is 1.30. The van der Waals surface area contributed by atoms with Gasteiger partial charge >= 0.3 is 6.30 Å².